The number of quaternary nitrogens is 1. The maximum absolute atomic E-state index is 13.2. The number of carbonyl (C=O) groups is 2. The number of nitrogens with one attached hydrogen (secondary N) is 3. The Morgan fingerprint density at radius 2 is 1.82 bits per heavy atom. The molecule has 0 spiro atoms. The van der Waals surface area contributed by atoms with Crippen molar-refractivity contribution in [1.82, 2.24) is 5.32 Å². The molecule has 0 saturated heterocycles. The van der Waals surface area contributed by atoms with E-state index in [0.29, 0.717) is 16.3 Å². The molecule has 1 aromatic heterocycles. The zero-order chi connectivity index (χ0) is 20.1. The fourth-order valence-electron chi connectivity index (χ4n) is 2.96. The molecule has 7 heteroatoms. The summed E-state index contributed by atoms with van der Waals surface area (Å²) in [7, 11) is 1.75. The van der Waals surface area contributed by atoms with Gasteiger partial charge in [-0.25, -0.2) is 4.39 Å². The smallest absolute Gasteiger partial charge is 0.279 e. The second-order valence-electron chi connectivity index (χ2n) is 6.84. The first-order valence-electron chi connectivity index (χ1n) is 9.05. The lowest BCUT2D eigenvalue weighted by atomic mass is 10.2. The lowest BCUT2D eigenvalue weighted by Gasteiger charge is -2.16. The molecule has 0 saturated carbocycles. The summed E-state index contributed by atoms with van der Waals surface area (Å²) >= 11 is 0. The molecule has 1 heterocycles. The van der Waals surface area contributed by atoms with Crippen molar-refractivity contribution in [2.75, 3.05) is 25.5 Å². The molecule has 3 N–H and O–H groups in total. The molecule has 146 valence electrons. The SMILES string of the molecule is C[C@H](NC(=O)C[NH+](C)CC(=O)Nc1cccc(F)c1)c1cc2ccccc2o1. The minimum atomic E-state index is -0.419. The van der Waals surface area contributed by atoms with Crippen LogP contribution >= 0.6 is 0 Å². The molecule has 28 heavy (non-hydrogen) atoms. The van der Waals surface area contributed by atoms with Gasteiger partial charge in [0.15, 0.2) is 13.1 Å². The third-order valence-electron chi connectivity index (χ3n) is 4.28. The molecule has 3 rings (SSSR count). The average Bonchev–Trinajstić information content (AvgIpc) is 3.05. The van der Waals surface area contributed by atoms with Crippen LogP contribution in [-0.2, 0) is 9.59 Å². The number of halogens is 1. The number of furan rings is 1. The Labute approximate surface area is 162 Å². The quantitative estimate of drug-likeness (QED) is 0.582. The summed E-state index contributed by atoms with van der Waals surface area (Å²) in [6.07, 6.45) is 0. The van der Waals surface area contributed by atoms with Crippen molar-refractivity contribution < 1.29 is 23.3 Å². The minimum Gasteiger partial charge on any atom is -0.459 e. The van der Waals surface area contributed by atoms with E-state index in [1.807, 2.05) is 37.3 Å². The first kappa shape index (κ1) is 19.6. The Balaban J connectivity index is 1.48. The molecular formula is C21H23FN3O3+. The lowest BCUT2D eigenvalue weighted by Crippen LogP contribution is -3.11. The summed E-state index contributed by atoms with van der Waals surface area (Å²) < 4.78 is 18.9. The normalized spacial score (nSPS) is 13.1. The Hall–Kier alpha value is -3.19. The molecular weight excluding hydrogens is 361 g/mol. The van der Waals surface area contributed by atoms with Crippen LogP contribution < -0.4 is 15.5 Å². The second kappa shape index (κ2) is 8.67. The summed E-state index contributed by atoms with van der Waals surface area (Å²) in [6.45, 7) is 2.06. The monoisotopic (exact) mass is 384 g/mol. The predicted molar refractivity (Wildman–Crippen MR) is 104 cm³/mol. The Bertz CT molecular complexity index is 953. The summed E-state index contributed by atoms with van der Waals surface area (Å²) in [4.78, 5) is 25.1. The maximum Gasteiger partial charge on any atom is 0.279 e. The third kappa shape index (κ3) is 5.17. The van der Waals surface area contributed by atoms with Crippen LogP contribution in [-0.4, -0.2) is 32.0 Å². The molecule has 0 aliphatic carbocycles. The first-order chi connectivity index (χ1) is 13.4. The highest BCUT2D eigenvalue weighted by Gasteiger charge is 2.18. The summed E-state index contributed by atoms with van der Waals surface area (Å²) in [5, 5.41) is 6.49. The highest BCUT2D eigenvalue weighted by Crippen LogP contribution is 2.23. The number of para-hydroxylation sites is 1. The number of amides is 2. The molecule has 3 aromatic rings. The molecule has 0 aliphatic heterocycles. The van der Waals surface area contributed by atoms with Crippen LogP contribution in [0, 0.1) is 5.82 Å². The van der Waals surface area contributed by atoms with Crippen LogP contribution in [0.4, 0.5) is 10.1 Å². The van der Waals surface area contributed by atoms with E-state index in [0.717, 1.165) is 11.0 Å². The Morgan fingerprint density at radius 1 is 1.07 bits per heavy atom. The molecule has 0 fully saturated rings. The van der Waals surface area contributed by atoms with Crippen molar-refractivity contribution in [3.05, 3.63) is 66.2 Å². The van der Waals surface area contributed by atoms with E-state index in [2.05, 4.69) is 10.6 Å². The van der Waals surface area contributed by atoms with Gasteiger partial charge in [-0.3, -0.25) is 9.59 Å². The van der Waals surface area contributed by atoms with Gasteiger partial charge >= 0.3 is 0 Å². The van der Waals surface area contributed by atoms with Crippen LogP contribution in [0.1, 0.15) is 18.7 Å². The molecule has 2 amide bonds. The van der Waals surface area contributed by atoms with Crippen molar-refractivity contribution >= 4 is 28.5 Å². The number of hydrogen-bond donors (Lipinski definition) is 3. The van der Waals surface area contributed by atoms with Gasteiger partial charge in [0.05, 0.1) is 13.1 Å². The zero-order valence-electron chi connectivity index (χ0n) is 15.8. The van der Waals surface area contributed by atoms with Gasteiger partial charge in [0, 0.05) is 11.1 Å². The second-order valence-corrected chi connectivity index (χ2v) is 6.84. The highest BCUT2D eigenvalue weighted by molar-refractivity contribution is 5.91. The number of hydrogen-bond acceptors (Lipinski definition) is 3. The maximum atomic E-state index is 13.2. The molecule has 0 radical (unpaired) electrons. The fraction of sp³-hybridized carbons (Fsp3) is 0.238. The number of anilines is 1. The summed E-state index contributed by atoms with van der Waals surface area (Å²) in [6, 6.07) is 15.0. The summed E-state index contributed by atoms with van der Waals surface area (Å²) in [5.74, 6) is -0.223. The van der Waals surface area contributed by atoms with E-state index in [9.17, 15) is 14.0 Å². The van der Waals surface area contributed by atoms with Crippen molar-refractivity contribution in [2.24, 2.45) is 0 Å². The number of likely N-dealkylation sites (N-methyl/N-ethyl adjacent to an activating group) is 1. The van der Waals surface area contributed by atoms with Gasteiger partial charge in [0.1, 0.15) is 17.2 Å². The highest BCUT2D eigenvalue weighted by atomic mass is 19.1. The number of carbonyl (C=O) groups excluding carboxylic acids is 2. The van der Waals surface area contributed by atoms with E-state index in [1.54, 1.807) is 13.1 Å². The van der Waals surface area contributed by atoms with Crippen LogP contribution in [0.25, 0.3) is 11.0 Å². The van der Waals surface area contributed by atoms with E-state index in [1.165, 1.54) is 18.2 Å². The lowest BCUT2D eigenvalue weighted by molar-refractivity contribution is -0.862. The Kier molecular flexibility index (Phi) is 6.06. The molecule has 0 bridgehead atoms. The molecule has 1 unspecified atom stereocenters. The fourth-order valence-corrected chi connectivity index (χ4v) is 2.96. The van der Waals surface area contributed by atoms with Crippen LogP contribution in [0.5, 0.6) is 0 Å². The third-order valence-corrected chi connectivity index (χ3v) is 4.28. The topological polar surface area (TPSA) is 75.8 Å². The van der Waals surface area contributed by atoms with E-state index in [4.69, 9.17) is 4.42 Å². The molecule has 2 atom stereocenters. The van der Waals surface area contributed by atoms with Gasteiger partial charge in [0.2, 0.25) is 0 Å². The molecule has 0 aliphatic rings. The number of benzene rings is 2. The van der Waals surface area contributed by atoms with Gasteiger partial charge in [-0.05, 0) is 37.3 Å². The van der Waals surface area contributed by atoms with Gasteiger partial charge in [-0.2, -0.15) is 0 Å². The summed E-state index contributed by atoms with van der Waals surface area (Å²) in [5.41, 5.74) is 1.16. The van der Waals surface area contributed by atoms with Gasteiger partial charge in [0.25, 0.3) is 11.8 Å². The number of rotatable bonds is 7. The van der Waals surface area contributed by atoms with E-state index < -0.39 is 5.82 Å². The van der Waals surface area contributed by atoms with Crippen LogP contribution in [0.3, 0.4) is 0 Å². The van der Waals surface area contributed by atoms with Crippen molar-refractivity contribution in [3.8, 4) is 0 Å². The first-order valence-corrected chi connectivity index (χ1v) is 9.05. The molecule has 2 aromatic carbocycles. The van der Waals surface area contributed by atoms with Crippen molar-refractivity contribution in [2.45, 2.75) is 13.0 Å². The van der Waals surface area contributed by atoms with Gasteiger partial charge in [-0.15, -0.1) is 0 Å². The van der Waals surface area contributed by atoms with Gasteiger partial charge < -0.3 is 20.0 Å². The predicted octanol–water partition coefficient (Wildman–Crippen LogP) is 1.90. The largest absolute Gasteiger partial charge is 0.459 e. The average molecular weight is 384 g/mol. The van der Waals surface area contributed by atoms with Crippen molar-refractivity contribution in [3.63, 3.8) is 0 Å². The standard InChI is InChI=1S/C21H22FN3O3/c1-14(19-10-15-6-3-4-9-18(15)28-19)23-20(26)12-25(2)13-21(27)24-17-8-5-7-16(22)11-17/h3-11,14H,12-13H2,1-2H3,(H,23,26)(H,24,27)/p+1/t14-/m0/s1. The minimum absolute atomic E-state index is 0.0863. The number of fused-ring (bicyclic) bond motifs is 1. The van der Waals surface area contributed by atoms with Crippen LogP contribution in [0.15, 0.2) is 59.0 Å². The van der Waals surface area contributed by atoms with Crippen LogP contribution in [0.2, 0.25) is 0 Å². The van der Waals surface area contributed by atoms with E-state index >= 15 is 0 Å². The van der Waals surface area contributed by atoms with Crippen molar-refractivity contribution in [1.29, 1.82) is 0 Å². The van der Waals surface area contributed by atoms with E-state index in [-0.39, 0.29) is 30.9 Å². The van der Waals surface area contributed by atoms with Gasteiger partial charge in [-0.1, -0.05) is 24.3 Å². The molecule has 6 nitrogen and oxygen atoms in total. The Morgan fingerprint density at radius 3 is 2.57 bits per heavy atom. The zero-order valence-corrected chi connectivity index (χ0v) is 15.8.